The van der Waals surface area contributed by atoms with Gasteiger partial charge in [0.15, 0.2) is 0 Å². The van der Waals surface area contributed by atoms with Gasteiger partial charge in [-0.25, -0.2) is 0 Å². The highest BCUT2D eigenvalue weighted by Gasteiger charge is 2.20. The summed E-state index contributed by atoms with van der Waals surface area (Å²) in [7, 11) is 0. The summed E-state index contributed by atoms with van der Waals surface area (Å²) in [6.07, 6.45) is 5.18. The van der Waals surface area contributed by atoms with Crippen LogP contribution in [0.2, 0.25) is 0 Å². The molecule has 3 heteroatoms. The van der Waals surface area contributed by atoms with Crippen LogP contribution in [0.5, 0.6) is 0 Å². The Morgan fingerprint density at radius 2 is 2.29 bits per heavy atom. The van der Waals surface area contributed by atoms with Crippen molar-refractivity contribution in [2.45, 2.75) is 45.1 Å². The van der Waals surface area contributed by atoms with Crippen LogP contribution in [-0.4, -0.2) is 41.5 Å². The van der Waals surface area contributed by atoms with Crippen molar-refractivity contribution in [2.75, 3.05) is 19.7 Å². The number of ketones is 1. The van der Waals surface area contributed by atoms with E-state index < -0.39 is 0 Å². The van der Waals surface area contributed by atoms with Crippen molar-refractivity contribution >= 4 is 5.78 Å². The molecule has 1 heterocycles. The van der Waals surface area contributed by atoms with Crippen molar-refractivity contribution in [3.63, 3.8) is 0 Å². The molecule has 0 aromatic carbocycles. The van der Waals surface area contributed by atoms with E-state index >= 15 is 0 Å². The van der Waals surface area contributed by atoms with E-state index in [4.69, 9.17) is 5.11 Å². The number of aliphatic hydroxyl groups excluding tert-OH is 1. The van der Waals surface area contributed by atoms with Crippen LogP contribution in [0.15, 0.2) is 0 Å². The second-order valence-electron chi connectivity index (χ2n) is 4.17. The Balaban J connectivity index is 2.22. The largest absolute Gasteiger partial charge is 0.395 e. The van der Waals surface area contributed by atoms with Crippen molar-refractivity contribution in [1.29, 1.82) is 0 Å². The second-order valence-corrected chi connectivity index (χ2v) is 4.17. The second kappa shape index (κ2) is 6.14. The molecule has 14 heavy (non-hydrogen) atoms. The standard InChI is InChI=1S/C11H21NO2/c1-10(14)5-4-8-12-7-3-2-6-11(12)9-13/h11,13H,2-9H2,1H3. The van der Waals surface area contributed by atoms with E-state index in [9.17, 15) is 4.79 Å². The van der Waals surface area contributed by atoms with Crippen molar-refractivity contribution in [1.82, 2.24) is 4.90 Å². The van der Waals surface area contributed by atoms with Crippen molar-refractivity contribution < 1.29 is 9.90 Å². The SMILES string of the molecule is CC(=O)CCCN1CCCCC1CO. The molecular formula is C11H21NO2. The minimum Gasteiger partial charge on any atom is -0.395 e. The van der Waals surface area contributed by atoms with E-state index in [1.807, 2.05) is 0 Å². The molecule has 1 N–H and O–H groups in total. The van der Waals surface area contributed by atoms with Crippen LogP contribution >= 0.6 is 0 Å². The third kappa shape index (κ3) is 3.76. The molecule has 0 amide bonds. The normalized spacial score (nSPS) is 23.7. The maximum absolute atomic E-state index is 10.8. The molecule has 1 aliphatic rings. The van der Waals surface area contributed by atoms with Crippen LogP contribution in [-0.2, 0) is 4.79 Å². The fourth-order valence-corrected chi connectivity index (χ4v) is 2.09. The first-order valence-corrected chi connectivity index (χ1v) is 5.58. The maximum atomic E-state index is 10.8. The van der Waals surface area contributed by atoms with Crippen molar-refractivity contribution in [3.05, 3.63) is 0 Å². The predicted octanol–water partition coefficient (Wildman–Crippen LogP) is 1.20. The molecule has 1 atom stereocenters. The number of piperidine rings is 1. The van der Waals surface area contributed by atoms with Gasteiger partial charge >= 0.3 is 0 Å². The molecule has 0 radical (unpaired) electrons. The number of aliphatic hydroxyl groups is 1. The highest BCUT2D eigenvalue weighted by atomic mass is 16.3. The highest BCUT2D eigenvalue weighted by Crippen LogP contribution is 2.16. The average Bonchev–Trinajstić information content (AvgIpc) is 2.18. The first-order valence-electron chi connectivity index (χ1n) is 5.58. The van der Waals surface area contributed by atoms with Gasteiger partial charge in [0.05, 0.1) is 6.61 Å². The molecule has 1 saturated heterocycles. The van der Waals surface area contributed by atoms with E-state index in [-0.39, 0.29) is 12.4 Å². The number of likely N-dealkylation sites (tertiary alicyclic amines) is 1. The number of hydrogen-bond acceptors (Lipinski definition) is 3. The lowest BCUT2D eigenvalue weighted by Gasteiger charge is -2.34. The molecule has 82 valence electrons. The lowest BCUT2D eigenvalue weighted by Crippen LogP contribution is -2.42. The smallest absolute Gasteiger partial charge is 0.129 e. The van der Waals surface area contributed by atoms with Crippen LogP contribution in [0, 0.1) is 0 Å². The van der Waals surface area contributed by atoms with E-state index in [0.29, 0.717) is 12.5 Å². The van der Waals surface area contributed by atoms with E-state index in [2.05, 4.69) is 4.90 Å². The summed E-state index contributed by atoms with van der Waals surface area (Å²) in [4.78, 5) is 13.1. The third-order valence-electron chi connectivity index (χ3n) is 2.93. The van der Waals surface area contributed by atoms with Gasteiger partial charge in [0.2, 0.25) is 0 Å². The van der Waals surface area contributed by atoms with E-state index in [1.165, 1.54) is 12.8 Å². The van der Waals surface area contributed by atoms with Gasteiger partial charge in [-0.3, -0.25) is 4.90 Å². The molecule has 0 aliphatic carbocycles. The molecule has 0 saturated carbocycles. The van der Waals surface area contributed by atoms with Crippen LogP contribution in [0.25, 0.3) is 0 Å². The topological polar surface area (TPSA) is 40.5 Å². The summed E-state index contributed by atoms with van der Waals surface area (Å²) < 4.78 is 0. The Hall–Kier alpha value is -0.410. The zero-order chi connectivity index (χ0) is 10.4. The minimum absolute atomic E-state index is 0.264. The summed E-state index contributed by atoms with van der Waals surface area (Å²) in [5, 5.41) is 9.16. The van der Waals surface area contributed by atoms with Crippen LogP contribution in [0.3, 0.4) is 0 Å². The maximum Gasteiger partial charge on any atom is 0.129 e. The van der Waals surface area contributed by atoms with Gasteiger partial charge in [-0.15, -0.1) is 0 Å². The molecule has 0 aromatic heterocycles. The number of nitrogens with zero attached hydrogens (tertiary/aromatic N) is 1. The van der Waals surface area contributed by atoms with Gasteiger partial charge in [0.1, 0.15) is 5.78 Å². The molecular weight excluding hydrogens is 178 g/mol. The minimum atomic E-state index is 0.264. The van der Waals surface area contributed by atoms with Crippen molar-refractivity contribution in [3.8, 4) is 0 Å². The van der Waals surface area contributed by atoms with E-state index in [1.54, 1.807) is 6.92 Å². The molecule has 3 nitrogen and oxygen atoms in total. The Bertz CT molecular complexity index is 182. The summed E-state index contributed by atoms with van der Waals surface area (Å²) in [5.74, 6) is 0.266. The molecule has 1 fully saturated rings. The molecule has 1 rings (SSSR count). The van der Waals surface area contributed by atoms with Crippen molar-refractivity contribution in [2.24, 2.45) is 0 Å². The van der Waals surface area contributed by atoms with Gasteiger partial charge in [0, 0.05) is 12.5 Å². The Kier molecular flexibility index (Phi) is 5.12. The zero-order valence-electron chi connectivity index (χ0n) is 9.04. The molecule has 0 aromatic rings. The summed E-state index contributed by atoms with van der Waals surface area (Å²) in [6, 6.07) is 0.343. The van der Waals surface area contributed by atoms with Crippen LogP contribution < -0.4 is 0 Å². The van der Waals surface area contributed by atoms with Crippen LogP contribution in [0.1, 0.15) is 39.0 Å². The first-order chi connectivity index (χ1) is 6.74. The van der Waals surface area contributed by atoms with Gasteiger partial charge in [-0.2, -0.15) is 0 Å². The fraction of sp³-hybridized carbons (Fsp3) is 0.909. The van der Waals surface area contributed by atoms with E-state index in [0.717, 1.165) is 25.9 Å². The number of Topliss-reactive ketones (excluding diaryl/α,β-unsaturated/α-hetero) is 1. The molecule has 0 bridgehead atoms. The molecule has 1 aliphatic heterocycles. The number of rotatable bonds is 5. The lowest BCUT2D eigenvalue weighted by molar-refractivity contribution is -0.117. The van der Waals surface area contributed by atoms with Crippen LogP contribution in [0.4, 0.5) is 0 Å². The molecule has 0 spiro atoms. The summed E-state index contributed by atoms with van der Waals surface area (Å²) in [5.41, 5.74) is 0. The monoisotopic (exact) mass is 199 g/mol. The quantitative estimate of drug-likeness (QED) is 0.723. The van der Waals surface area contributed by atoms with Gasteiger partial charge in [-0.05, 0) is 39.3 Å². The zero-order valence-corrected chi connectivity index (χ0v) is 9.04. The predicted molar refractivity (Wildman–Crippen MR) is 56.2 cm³/mol. The fourth-order valence-electron chi connectivity index (χ4n) is 2.09. The molecule has 1 unspecified atom stereocenters. The Morgan fingerprint density at radius 1 is 1.50 bits per heavy atom. The summed E-state index contributed by atoms with van der Waals surface area (Å²) in [6.45, 7) is 3.95. The summed E-state index contributed by atoms with van der Waals surface area (Å²) >= 11 is 0. The number of carbonyl (C=O) groups is 1. The van der Waals surface area contributed by atoms with Gasteiger partial charge in [-0.1, -0.05) is 6.42 Å². The Labute approximate surface area is 86.1 Å². The lowest BCUT2D eigenvalue weighted by atomic mass is 10.0. The number of carbonyl (C=O) groups excluding carboxylic acids is 1. The average molecular weight is 199 g/mol. The number of hydrogen-bond donors (Lipinski definition) is 1. The van der Waals surface area contributed by atoms with Gasteiger partial charge in [0.25, 0.3) is 0 Å². The first kappa shape index (κ1) is 11.7. The third-order valence-corrected chi connectivity index (χ3v) is 2.93. The Morgan fingerprint density at radius 3 is 2.93 bits per heavy atom. The highest BCUT2D eigenvalue weighted by molar-refractivity contribution is 5.75. The van der Waals surface area contributed by atoms with Gasteiger partial charge < -0.3 is 9.90 Å².